The molecule has 0 spiro atoms. The fourth-order valence-corrected chi connectivity index (χ4v) is 4.05. The minimum Gasteiger partial charge on any atom is -0.497 e. The second-order valence-corrected chi connectivity index (χ2v) is 7.92. The van der Waals surface area contributed by atoms with E-state index in [1.807, 2.05) is 18.2 Å². The summed E-state index contributed by atoms with van der Waals surface area (Å²) >= 11 is 0. The maximum atomic E-state index is 13.0. The summed E-state index contributed by atoms with van der Waals surface area (Å²) in [7, 11) is 1.55. The van der Waals surface area contributed by atoms with E-state index in [9.17, 15) is 14.7 Å². The molecule has 2 aromatic heterocycles. The first kappa shape index (κ1) is 21.1. The summed E-state index contributed by atoms with van der Waals surface area (Å²) < 4.78 is 6.79. The molecule has 4 aromatic rings. The normalized spacial score (nSPS) is 17.1. The number of nitrogens with zero attached hydrogens (tertiary/aromatic N) is 2. The van der Waals surface area contributed by atoms with Gasteiger partial charge in [0.2, 0.25) is 0 Å². The molecule has 1 atom stereocenters. The summed E-state index contributed by atoms with van der Waals surface area (Å²) in [5.74, 6) is 6.18. The molecule has 3 N–H and O–H groups in total. The van der Waals surface area contributed by atoms with Gasteiger partial charge >= 0.3 is 6.03 Å². The summed E-state index contributed by atoms with van der Waals surface area (Å²) in [4.78, 5) is 29.2. The van der Waals surface area contributed by atoms with Crippen LogP contribution < -0.4 is 15.4 Å². The van der Waals surface area contributed by atoms with Crippen LogP contribution in [0.5, 0.6) is 11.6 Å². The van der Waals surface area contributed by atoms with E-state index in [0.717, 1.165) is 16.5 Å². The second-order valence-electron chi connectivity index (χ2n) is 7.92. The van der Waals surface area contributed by atoms with Crippen molar-refractivity contribution >= 4 is 22.7 Å². The number of rotatable bonds is 4. The predicted molar refractivity (Wildman–Crippen MR) is 125 cm³/mol. The van der Waals surface area contributed by atoms with Crippen LogP contribution in [0.1, 0.15) is 16.7 Å². The van der Waals surface area contributed by atoms with Crippen molar-refractivity contribution in [1.82, 2.24) is 20.2 Å². The second kappa shape index (κ2) is 8.30. The number of methoxy groups -OCH3 is 1. The van der Waals surface area contributed by atoms with E-state index in [1.165, 1.54) is 0 Å². The number of nitrogens with one attached hydrogen (secondary N) is 2. The van der Waals surface area contributed by atoms with Gasteiger partial charge in [-0.2, -0.15) is 0 Å². The zero-order chi connectivity index (χ0) is 23.7. The molecule has 0 unspecified atom stereocenters. The van der Waals surface area contributed by atoms with Crippen molar-refractivity contribution in [2.75, 3.05) is 7.11 Å². The van der Waals surface area contributed by atoms with Gasteiger partial charge in [-0.1, -0.05) is 24.0 Å². The third kappa shape index (κ3) is 3.69. The highest BCUT2D eigenvalue weighted by Gasteiger charge is 2.48. The van der Waals surface area contributed by atoms with Crippen LogP contribution in [0.4, 0.5) is 4.79 Å². The molecule has 5 rings (SSSR count). The Morgan fingerprint density at radius 3 is 2.56 bits per heavy atom. The van der Waals surface area contributed by atoms with Gasteiger partial charge in [-0.3, -0.25) is 15.1 Å². The molecule has 0 aliphatic carbocycles. The maximum Gasteiger partial charge on any atom is 0.322 e. The molecule has 34 heavy (non-hydrogen) atoms. The van der Waals surface area contributed by atoms with E-state index in [0.29, 0.717) is 16.7 Å². The summed E-state index contributed by atoms with van der Waals surface area (Å²) in [5, 5.41) is 17.3. The Bertz CT molecular complexity index is 1470. The molecular weight excluding hydrogens is 432 g/mol. The highest BCUT2D eigenvalue weighted by atomic mass is 16.5. The van der Waals surface area contributed by atoms with Crippen LogP contribution in [0, 0.1) is 11.8 Å². The number of carbonyl (C=O) groups excluding carboxylic acids is 2. The van der Waals surface area contributed by atoms with Crippen LogP contribution in [-0.2, 0) is 16.9 Å². The highest BCUT2D eigenvalue weighted by Crippen LogP contribution is 2.34. The monoisotopic (exact) mass is 452 g/mol. The van der Waals surface area contributed by atoms with Gasteiger partial charge in [-0.15, -0.1) is 0 Å². The average molecular weight is 452 g/mol. The highest BCUT2D eigenvalue weighted by molar-refractivity contribution is 6.07. The molecule has 3 amide bonds. The minimum atomic E-state index is -1.40. The van der Waals surface area contributed by atoms with Crippen molar-refractivity contribution < 1.29 is 19.4 Å². The smallest absolute Gasteiger partial charge is 0.322 e. The topological polar surface area (TPSA) is 105 Å². The maximum absolute atomic E-state index is 13.0. The first-order valence-corrected chi connectivity index (χ1v) is 10.5. The minimum absolute atomic E-state index is 0.00584. The number of imide groups is 1. The van der Waals surface area contributed by atoms with Crippen molar-refractivity contribution in [3.8, 4) is 23.5 Å². The van der Waals surface area contributed by atoms with Crippen LogP contribution in [-0.4, -0.2) is 33.7 Å². The number of fused-ring (bicyclic) bond motifs is 1. The van der Waals surface area contributed by atoms with E-state index in [1.54, 1.807) is 66.7 Å². The standard InChI is InChI=1S/C26H20N4O4/c1-34-21-11-8-19-15-30(23(31)22(19)13-21)16-26(24(32)28-25(33)29-26)20-9-6-17(7-10-20)4-5-18-3-2-12-27-14-18/h2-3,6-15,31H,16H2,1H3,(H2,28,29,32,33)/t26-/m1/s1. The zero-order valence-electron chi connectivity index (χ0n) is 18.2. The van der Waals surface area contributed by atoms with Crippen LogP contribution in [0.15, 0.2) is 73.2 Å². The third-order valence-corrected chi connectivity index (χ3v) is 5.81. The van der Waals surface area contributed by atoms with Gasteiger partial charge in [0.15, 0.2) is 11.4 Å². The molecule has 8 heteroatoms. The number of pyridine rings is 1. The Hall–Kier alpha value is -4.77. The van der Waals surface area contributed by atoms with Crippen molar-refractivity contribution in [1.29, 1.82) is 0 Å². The lowest BCUT2D eigenvalue weighted by Gasteiger charge is -2.27. The predicted octanol–water partition coefficient (Wildman–Crippen LogP) is 2.89. The molecule has 8 nitrogen and oxygen atoms in total. The van der Waals surface area contributed by atoms with Gasteiger partial charge in [0.1, 0.15) is 5.75 Å². The molecule has 1 aliphatic heterocycles. The van der Waals surface area contributed by atoms with E-state index < -0.39 is 17.5 Å². The lowest BCUT2D eigenvalue weighted by Crippen LogP contribution is -2.47. The van der Waals surface area contributed by atoms with E-state index in [4.69, 9.17) is 4.74 Å². The van der Waals surface area contributed by atoms with Crippen LogP contribution in [0.2, 0.25) is 0 Å². The Morgan fingerprint density at radius 2 is 1.88 bits per heavy atom. The summed E-state index contributed by atoms with van der Waals surface area (Å²) in [6, 6.07) is 15.5. The largest absolute Gasteiger partial charge is 0.497 e. The SMILES string of the molecule is COc1ccc2cn(C[C@]3(c4ccc(C#Cc5cccnc5)cc4)NC(=O)NC3=O)c(O)c2c1. The molecule has 1 aliphatic rings. The van der Waals surface area contributed by atoms with Gasteiger partial charge in [0, 0.05) is 40.5 Å². The Labute approximate surface area is 195 Å². The molecule has 168 valence electrons. The number of hydrogen-bond donors (Lipinski definition) is 3. The van der Waals surface area contributed by atoms with Gasteiger partial charge in [0.25, 0.3) is 5.91 Å². The first-order valence-electron chi connectivity index (χ1n) is 10.5. The molecule has 0 bridgehead atoms. The van der Waals surface area contributed by atoms with Crippen molar-refractivity contribution in [2.24, 2.45) is 0 Å². The Balaban J connectivity index is 1.51. The molecule has 1 fully saturated rings. The number of aromatic hydroxyl groups is 1. The molecule has 1 saturated heterocycles. The van der Waals surface area contributed by atoms with Gasteiger partial charge in [-0.05, 0) is 48.0 Å². The van der Waals surface area contributed by atoms with Crippen LogP contribution in [0.25, 0.3) is 10.8 Å². The quantitative estimate of drug-likeness (QED) is 0.326. The molecular formula is C26H20N4O4. The lowest BCUT2D eigenvalue weighted by molar-refractivity contribution is -0.124. The van der Waals surface area contributed by atoms with E-state index in [-0.39, 0.29) is 12.4 Å². The number of ether oxygens (including phenoxy) is 1. The first-order chi connectivity index (χ1) is 16.5. The lowest BCUT2D eigenvalue weighted by atomic mass is 9.89. The molecule has 3 heterocycles. The van der Waals surface area contributed by atoms with Crippen molar-refractivity contribution in [3.63, 3.8) is 0 Å². The van der Waals surface area contributed by atoms with Crippen molar-refractivity contribution in [3.05, 3.63) is 89.9 Å². The summed E-state index contributed by atoms with van der Waals surface area (Å²) in [5.41, 5.74) is 0.701. The third-order valence-electron chi connectivity index (χ3n) is 5.81. The number of aromatic nitrogens is 2. The Morgan fingerprint density at radius 1 is 1.09 bits per heavy atom. The average Bonchev–Trinajstić information content (AvgIpc) is 3.33. The number of urea groups is 1. The Kier molecular flexibility index (Phi) is 5.15. The number of benzene rings is 2. The number of hydrogen-bond acceptors (Lipinski definition) is 5. The molecule has 0 saturated carbocycles. The fraction of sp³-hybridized carbons (Fsp3) is 0.115. The molecule has 2 aromatic carbocycles. The summed E-state index contributed by atoms with van der Waals surface area (Å²) in [6.07, 6.45) is 5.09. The van der Waals surface area contributed by atoms with Gasteiger partial charge in [-0.25, -0.2) is 4.79 Å². The van der Waals surface area contributed by atoms with Crippen LogP contribution in [0.3, 0.4) is 0 Å². The van der Waals surface area contributed by atoms with Crippen LogP contribution >= 0.6 is 0 Å². The summed E-state index contributed by atoms with van der Waals surface area (Å²) in [6.45, 7) is -0.00584. The van der Waals surface area contributed by atoms with E-state index >= 15 is 0 Å². The van der Waals surface area contributed by atoms with Gasteiger partial charge in [0.05, 0.1) is 13.7 Å². The van der Waals surface area contributed by atoms with E-state index in [2.05, 4.69) is 27.5 Å². The number of amides is 3. The molecule has 0 radical (unpaired) electrons. The van der Waals surface area contributed by atoms with Crippen molar-refractivity contribution in [2.45, 2.75) is 12.1 Å². The number of carbonyl (C=O) groups is 2. The van der Waals surface area contributed by atoms with Gasteiger partial charge < -0.3 is 19.7 Å². The zero-order valence-corrected chi connectivity index (χ0v) is 18.2. The fourth-order valence-electron chi connectivity index (χ4n) is 4.05.